The summed E-state index contributed by atoms with van der Waals surface area (Å²) in [5.74, 6) is 0. The Morgan fingerprint density at radius 1 is 1.04 bits per heavy atom. The molecule has 0 aliphatic heterocycles. The van der Waals surface area contributed by atoms with E-state index in [2.05, 4.69) is 0 Å². The topological polar surface area (TPSA) is 86.3 Å². The number of halogens is 2. The maximum Gasteiger partial charge on any atom is 0.279 e. The van der Waals surface area contributed by atoms with Crippen molar-refractivity contribution in [3.8, 4) is 0 Å². The molecule has 0 N–H and O–H groups in total. The van der Waals surface area contributed by atoms with E-state index in [-0.39, 0.29) is 16.8 Å². The third-order valence-corrected chi connectivity index (χ3v) is 4.06. The van der Waals surface area contributed by atoms with Crippen molar-refractivity contribution in [1.29, 1.82) is 0 Å². The lowest BCUT2D eigenvalue weighted by Gasteiger charge is -2.10. The zero-order valence-corrected chi connectivity index (χ0v) is 13.3. The minimum atomic E-state index is -0.660. The van der Waals surface area contributed by atoms with Crippen LogP contribution in [0.15, 0.2) is 42.5 Å². The molecule has 0 radical (unpaired) electrons. The fourth-order valence-electron chi connectivity index (χ4n) is 2.20. The molecule has 0 aliphatic carbocycles. The fourth-order valence-corrected chi connectivity index (χ4v) is 2.64. The number of aryl methyl sites for hydroxylation is 1. The van der Waals surface area contributed by atoms with E-state index >= 15 is 0 Å². The molecule has 0 aromatic heterocycles. The summed E-state index contributed by atoms with van der Waals surface area (Å²) in [6.45, 7) is 0. The van der Waals surface area contributed by atoms with E-state index in [4.69, 9.17) is 23.2 Å². The second kappa shape index (κ2) is 7.39. The predicted molar refractivity (Wildman–Crippen MR) is 88.1 cm³/mol. The standard InChI is InChI=1S/C15H12Cl2N2O4/c16-12-3-1-2-11(8-12)14(17)7-5-10-4-6-13(18(20)21)9-15(10)19(22)23/h1-4,6,8-9,14H,5,7H2. The van der Waals surface area contributed by atoms with Crippen molar-refractivity contribution in [2.24, 2.45) is 0 Å². The minimum Gasteiger partial charge on any atom is -0.258 e. The van der Waals surface area contributed by atoms with Gasteiger partial charge in [-0.3, -0.25) is 20.2 Å². The van der Waals surface area contributed by atoms with Crippen LogP contribution in [0.1, 0.15) is 22.9 Å². The first-order valence-corrected chi connectivity index (χ1v) is 7.51. The molecule has 0 spiro atoms. The fraction of sp³-hybridized carbons (Fsp3) is 0.200. The molecule has 2 rings (SSSR count). The molecule has 1 unspecified atom stereocenters. The molecule has 0 heterocycles. The predicted octanol–water partition coefficient (Wildman–Crippen LogP) is 5.07. The molecule has 2 aromatic rings. The van der Waals surface area contributed by atoms with Crippen molar-refractivity contribution >= 4 is 34.6 Å². The summed E-state index contributed by atoms with van der Waals surface area (Å²) < 4.78 is 0. The van der Waals surface area contributed by atoms with Crippen LogP contribution in [0.2, 0.25) is 5.02 Å². The van der Waals surface area contributed by atoms with Gasteiger partial charge in [0.1, 0.15) is 0 Å². The van der Waals surface area contributed by atoms with Gasteiger partial charge in [-0.05, 0) is 36.6 Å². The maximum atomic E-state index is 11.1. The smallest absolute Gasteiger partial charge is 0.258 e. The molecule has 6 nitrogen and oxygen atoms in total. The van der Waals surface area contributed by atoms with E-state index in [0.29, 0.717) is 23.4 Å². The number of rotatable bonds is 6. The van der Waals surface area contributed by atoms with Crippen molar-refractivity contribution in [3.63, 3.8) is 0 Å². The highest BCUT2D eigenvalue weighted by atomic mass is 35.5. The van der Waals surface area contributed by atoms with Crippen LogP contribution in [0.3, 0.4) is 0 Å². The molecule has 1 atom stereocenters. The first-order valence-electron chi connectivity index (χ1n) is 6.69. The Morgan fingerprint density at radius 2 is 1.78 bits per heavy atom. The van der Waals surface area contributed by atoms with Gasteiger partial charge in [0.25, 0.3) is 11.4 Å². The lowest BCUT2D eigenvalue weighted by atomic mass is 10.0. The van der Waals surface area contributed by atoms with Crippen molar-refractivity contribution in [2.75, 3.05) is 0 Å². The average molecular weight is 355 g/mol. The minimum absolute atomic E-state index is 0.269. The van der Waals surface area contributed by atoms with Crippen LogP contribution in [-0.4, -0.2) is 9.85 Å². The van der Waals surface area contributed by atoms with Gasteiger partial charge < -0.3 is 0 Å². The van der Waals surface area contributed by atoms with E-state index in [1.165, 1.54) is 12.1 Å². The van der Waals surface area contributed by atoms with Crippen molar-refractivity contribution in [3.05, 3.63) is 78.8 Å². The molecular weight excluding hydrogens is 343 g/mol. The van der Waals surface area contributed by atoms with Gasteiger partial charge >= 0.3 is 0 Å². The first-order chi connectivity index (χ1) is 10.9. The number of nitro benzene ring substituents is 2. The first kappa shape index (κ1) is 17.2. The molecule has 0 saturated heterocycles. The molecule has 0 amide bonds. The number of nitrogens with zero attached hydrogens (tertiary/aromatic N) is 2. The van der Waals surface area contributed by atoms with E-state index in [1.807, 2.05) is 6.07 Å². The van der Waals surface area contributed by atoms with Gasteiger partial charge in [-0.25, -0.2) is 0 Å². The zero-order valence-electron chi connectivity index (χ0n) is 11.8. The van der Waals surface area contributed by atoms with E-state index in [9.17, 15) is 20.2 Å². The molecule has 0 aliphatic rings. The van der Waals surface area contributed by atoms with Crippen LogP contribution in [0.25, 0.3) is 0 Å². The summed E-state index contributed by atoms with van der Waals surface area (Å²) in [5, 5.41) is 22.0. The average Bonchev–Trinajstić information content (AvgIpc) is 2.52. The highest BCUT2D eigenvalue weighted by molar-refractivity contribution is 6.30. The summed E-state index contributed by atoms with van der Waals surface area (Å²) in [5.41, 5.74) is 0.656. The lowest BCUT2D eigenvalue weighted by molar-refractivity contribution is -0.394. The van der Waals surface area contributed by atoms with Crippen LogP contribution in [0.4, 0.5) is 11.4 Å². The normalized spacial score (nSPS) is 11.9. The molecule has 2 aromatic carbocycles. The van der Waals surface area contributed by atoms with Gasteiger partial charge in [-0.2, -0.15) is 0 Å². The van der Waals surface area contributed by atoms with Crippen molar-refractivity contribution < 1.29 is 9.85 Å². The van der Waals surface area contributed by atoms with Gasteiger partial charge in [0.2, 0.25) is 0 Å². The Hall–Kier alpha value is -2.18. The van der Waals surface area contributed by atoms with E-state index < -0.39 is 9.85 Å². The zero-order chi connectivity index (χ0) is 17.0. The van der Waals surface area contributed by atoms with Crippen molar-refractivity contribution in [1.82, 2.24) is 0 Å². The van der Waals surface area contributed by atoms with Crippen LogP contribution >= 0.6 is 23.2 Å². The maximum absolute atomic E-state index is 11.1. The second-order valence-corrected chi connectivity index (χ2v) is 5.85. The Labute approximate surface area is 141 Å². The van der Waals surface area contributed by atoms with Crippen LogP contribution in [0, 0.1) is 20.2 Å². The summed E-state index contributed by atoms with van der Waals surface area (Å²) in [4.78, 5) is 20.5. The quantitative estimate of drug-likeness (QED) is 0.411. The van der Waals surface area contributed by atoms with Crippen LogP contribution in [-0.2, 0) is 6.42 Å². The summed E-state index contributed by atoms with van der Waals surface area (Å²) >= 11 is 12.2. The Morgan fingerprint density at radius 3 is 2.39 bits per heavy atom. The van der Waals surface area contributed by atoms with Crippen LogP contribution < -0.4 is 0 Å². The number of benzene rings is 2. The van der Waals surface area contributed by atoms with E-state index in [1.54, 1.807) is 18.2 Å². The lowest BCUT2D eigenvalue weighted by Crippen LogP contribution is -2.00. The van der Waals surface area contributed by atoms with Crippen LogP contribution in [0.5, 0.6) is 0 Å². The third kappa shape index (κ3) is 4.40. The van der Waals surface area contributed by atoms with E-state index in [0.717, 1.165) is 11.6 Å². The number of alkyl halides is 1. The Kier molecular flexibility index (Phi) is 5.52. The monoisotopic (exact) mass is 354 g/mol. The van der Waals surface area contributed by atoms with Gasteiger partial charge in [0.15, 0.2) is 0 Å². The number of hydrogen-bond donors (Lipinski definition) is 0. The Balaban J connectivity index is 2.16. The van der Waals surface area contributed by atoms with Gasteiger partial charge in [-0.15, -0.1) is 11.6 Å². The second-order valence-electron chi connectivity index (χ2n) is 4.89. The molecule has 120 valence electrons. The number of hydrogen-bond acceptors (Lipinski definition) is 4. The number of nitro groups is 2. The largest absolute Gasteiger partial charge is 0.279 e. The molecule has 23 heavy (non-hydrogen) atoms. The summed E-state index contributed by atoms with van der Waals surface area (Å²) in [6.07, 6.45) is 0.773. The van der Waals surface area contributed by atoms with Gasteiger partial charge in [-0.1, -0.05) is 23.7 Å². The summed E-state index contributed by atoms with van der Waals surface area (Å²) in [7, 11) is 0. The highest BCUT2D eigenvalue weighted by Crippen LogP contribution is 2.31. The van der Waals surface area contributed by atoms with Gasteiger partial charge in [0.05, 0.1) is 21.3 Å². The highest BCUT2D eigenvalue weighted by Gasteiger charge is 2.20. The third-order valence-electron chi connectivity index (χ3n) is 3.35. The molecule has 0 bridgehead atoms. The summed E-state index contributed by atoms with van der Waals surface area (Å²) in [6, 6.07) is 10.7. The van der Waals surface area contributed by atoms with Gasteiger partial charge in [0, 0.05) is 16.7 Å². The molecule has 8 heteroatoms. The van der Waals surface area contributed by atoms with Crippen molar-refractivity contribution in [2.45, 2.75) is 18.2 Å². The SMILES string of the molecule is O=[N+]([O-])c1ccc(CCC(Cl)c2cccc(Cl)c2)c([N+](=O)[O-])c1. The molecular formula is C15H12Cl2N2O4. The molecule has 0 fully saturated rings. The Bertz CT molecular complexity index is 752. The number of non-ortho nitro benzene ring substituents is 1. The molecule has 0 saturated carbocycles.